The molecule has 4 aromatic carbocycles. The molecule has 0 fully saturated rings. The lowest BCUT2D eigenvalue weighted by molar-refractivity contribution is 1.07. The third-order valence-electron chi connectivity index (χ3n) is 7.74. The maximum absolute atomic E-state index is 4.89. The molecule has 0 unspecified atom stereocenters. The van der Waals surface area contributed by atoms with Crippen LogP contribution in [0.25, 0.3) is 67.9 Å². The first-order chi connectivity index (χ1) is 21.3. The van der Waals surface area contributed by atoms with Crippen LogP contribution in [0.2, 0.25) is 0 Å². The monoisotopic (exact) mass is 552 g/mol. The van der Waals surface area contributed by atoms with Gasteiger partial charge < -0.3 is 0 Å². The van der Waals surface area contributed by atoms with E-state index in [9.17, 15) is 0 Å². The Labute approximate surface area is 248 Å². The van der Waals surface area contributed by atoms with Gasteiger partial charge in [0.15, 0.2) is 17.5 Å². The maximum atomic E-state index is 4.89. The molecule has 0 saturated heterocycles. The molecule has 0 radical (unpaired) electrons. The van der Waals surface area contributed by atoms with Crippen molar-refractivity contribution in [3.8, 4) is 67.9 Å². The topological polar surface area (TPSA) is 77.3 Å². The molecule has 43 heavy (non-hydrogen) atoms. The van der Waals surface area contributed by atoms with Crippen molar-refractivity contribution >= 4 is 0 Å². The van der Waals surface area contributed by atoms with Crippen molar-refractivity contribution in [1.82, 2.24) is 29.9 Å². The summed E-state index contributed by atoms with van der Waals surface area (Å²) in [5.41, 5.74) is 11.1. The molecule has 6 heteroatoms. The van der Waals surface area contributed by atoms with E-state index in [1.165, 1.54) is 11.1 Å². The molecule has 202 valence electrons. The highest BCUT2D eigenvalue weighted by Crippen LogP contribution is 2.39. The van der Waals surface area contributed by atoms with E-state index in [0.717, 1.165) is 56.9 Å². The van der Waals surface area contributed by atoms with Crippen LogP contribution >= 0.6 is 0 Å². The normalized spacial score (nSPS) is 11.6. The van der Waals surface area contributed by atoms with Gasteiger partial charge in [-0.2, -0.15) is 0 Å². The lowest BCUT2D eigenvalue weighted by Crippen LogP contribution is -2.00. The van der Waals surface area contributed by atoms with Gasteiger partial charge in [-0.15, -0.1) is 0 Å². The van der Waals surface area contributed by atoms with E-state index in [1.807, 2.05) is 85.1 Å². The summed E-state index contributed by atoms with van der Waals surface area (Å²) in [5, 5.41) is 0. The van der Waals surface area contributed by atoms with Crippen molar-refractivity contribution in [1.29, 1.82) is 0 Å². The average molecular weight is 553 g/mol. The quantitative estimate of drug-likeness (QED) is 0.216. The van der Waals surface area contributed by atoms with Gasteiger partial charge in [-0.05, 0) is 23.3 Å². The van der Waals surface area contributed by atoms with Crippen LogP contribution in [-0.4, -0.2) is 29.9 Å². The van der Waals surface area contributed by atoms with E-state index in [2.05, 4.69) is 52.4 Å². The summed E-state index contributed by atoms with van der Waals surface area (Å²) in [5.74, 6) is 1.90. The first-order valence-corrected chi connectivity index (χ1v) is 14.2. The van der Waals surface area contributed by atoms with Gasteiger partial charge in [-0.25, -0.2) is 24.9 Å². The maximum Gasteiger partial charge on any atom is 0.164 e. The first kappa shape index (κ1) is 24.9. The fraction of sp³-hybridized carbons (Fsp3) is 0.0270. The predicted octanol–water partition coefficient (Wildman–Crippen LogP) is 7.96. The molecule has 7 aromatic rings. The van der Waals surface area contributed by atoms with Crippen LogP contribution in [0.4, 0.5) is 0 Å². The van der Waals surface area contributed by atoms with Crippen molar-refractivity contribution < 1.29 is 0 Å². The molecule has 0 bridgehead atoms. The number of pyridine rings is 1. The third kappa shape index (κ3) is 4.65. The van der Waals surface area contributed by atoms with Crippen LogP contribution in [0.15, 0.2) is 134 Å². The summed E-state index contributed by atoms with van der Waals surface area (Å²) in [6, 6.07) is 40.8. The number of rotatable bonds is 5. The minimum atomic E-state index is 0.621. The smallest absolute Gasteiger partial charge is 0.164 e. The molecule has 6 nitrogen and oxygen atoms in total. The largest absolute Gasteiger partial charge is 0.254 e. The predicted molar refractivity (Wildman–Crippen MR) is 169 cm³/mol. The summed E-state index contributed by atoms with van der Waals surface area (Å²) in [6.07, 6.45) is 4.36. The van der Waals surface area contributed by atoms with Crippen molar-refractivity contribution in [2.45, 2.75) is 6.42 Å². The van der Waals surface area contributed by atoms with Crippen LogP contribution in [-0.2, 0) is 6.42 Å². The molecular weight excluding hydrogens is 528 g/mol. The highest BCUT2D eigenvalue weighted by atomic mass is 15.0. The minimum absolute atomic E-state index is 0.621. The molecule has 0 saturated carbocycles. The molecule has 0 atom stereocenters. The average Bonchev–Trinajstić information content (AvgIpc) is 3.48. The zero-order valence-corrected chi connectivity index (χ0v) is 23.1. The van der Waals surface area contributed by atoms with E-state index in [4.69, 9.17) is 19.9 Å². The van der Waals surface area contributed by atoms with E-state index in [-0.39, 0.29) is 0 Å². The Kier molecular flexibility index (Phi) is 6.08. The van der Waals surface area contributed by atoms with Gasteiger partial charge in [0.1, 0.15) is 6.33 Å². The van der Waals surface area contributed by atoms with Crippen LogP contribution in [0, 0.1) is 0 Å². The molecule has 0 aliphatic heterocycles. The second-order valence-corrected chi connectivity index (χ2v) is 10.4. The number of aromatic nitrogens is 6. The van der Waals surface area contributed by atoms with Crippen LogP contribution in [0.5, 0.6) is 0 Å². The third-order valence-corrected chi connectivity index (χ3v) is 7.74. The summed E-state index contributed by atoms with van der Waals surface area (Å²) in [7, 11) is 0. The lowest BCUT2D eigenvalue weighted by Gasteiger charge is -2.10. The van der Waals surface area contributed by atoms with Gasteiger partial charge in [0.2, 0.25) is 0 Å². The van der Waals surface area contributed by atoms with E-state index in [0.29, 0.717) is 17.5 Å². The molecule has 3 aromatic heterocycles. The molecule has 0 N–H and O–H groups in total. The molecule has 0 spiro atoms. The van der Waals surface area contributed by atoms with Crippen LogP contribution in [0.1, 0.15) is 11.1 Å². The van der Waals surface area contributed by atoms with Gasteiger partial charge in [-0.3, -0.25) is 4.98 Å². The zero-order chi connectivity index (χ0) is 28.6. The Bertz CT molecular complexity index is 2030. The minimum Gasteiger partial charge on any atom is -0.254 e. The Morgan fingerprint density at radius 2 is 1.05 bits per heavy atom. The molecule has 3 heterocycles. The molecule has 1 aliphatic rings. The molecule has 0 amide bonds. The number of nitrogens with zero attached hydrogens (tertiary/aromatic N) is 6. The summed E-state index contributed by atoms with van der Waals surface area (Å²) in [6.45, 7) is 0. The molecule has 1 aliphatic carbocycles. The Morgan fingerprint density at radius 1 is 0.442 bits per heavy atom. The Hall–Kier alpha value is -5.88. The first-order valence-electron chi connectivity index (χ1n) is 14.2. The summed E-state index contributed by atoms with van der Waals surface area (Å²) in [4.78, 5) is 28.6. The molecule has 8 rings (SSSR count). The van der Waals surface area contributed by atoms with Gasteiger partial charge >= 0.3 is 0 Å². The highest BCUT2D eigenvalue weighted by Gasteiger charge is 2.24. The number of hydrogen-bond acceptors (Lipinski definition) is 6. The zero-order valence-electron chi connectivity index (χ0n) is 23.1. The number of benzene rings is 4. The lowest BCUT2D eigenvalue weighted by atomic mass is 10.0. The number of fused-ring (bicyclic) bond motifs is 3. The second kappa shape index (κ2) is 10.5. The van der Waals surface area contributed by atoms with Crippen molar-refractivity contribution in [3.05, 3.63) is 145 Å². The van der Waals surface area contributed by atoms with Crippen molar-refractivity contribution in [2.24, 2.45) is 0 Å². The Balaban J connectivity index is 1.15. The van der Waals surface area contributed by atoms with Gasteiger partial charge in [-0.1, -0.05) is 109 Å². The fourth-order valence-electron chi connectivity index (χ4n) is 5.61. The van der Waals surface area contributed by atoms with E-state index < -0.39 is 0 Å². The molecular formula is C37H24N6. The number of hydrogen-bond donors (Lipinski definition) is 0. The SMILES string of the molecule is c1ccc(-c2nc(-c3ccccc3)nc(-c3cccc(-c4ccc(-c5ncnc6c5Cc5ccccc5-6)nc4)c3)n2)cc1. The van der Waals surface area contributed by atoms with Crippen LogP contribution in [0.3, 0.4) is 0 Å². The summed E-state index contributed by atoms with van der Waals surface area (Å²) < 4.78 is 0. The van der Waals surface area contributed by atoms with Gasteiger partial charge in [0, 0.05) is 46.0 Å². The highest BCUT2D eigenvalue weighted by molar-refractivity contribution is 5.80. The second-order valence-electron chi connectivity index (χ2n) is 10.4. The van der Waals surface area contributed by atoms with Gasteiger partial charge in [0.25, 0.3) is 0 Å². The van der Waals surface area contributed by atoms with Gasteiger partial charge in [0.05, 0.1) is 17.1 Å². The van der Waals surface area contributed by atoms with E-state index >= 15 is 0 Å². The van der Waals surface area contributed by atoms with Crippen LogP contribution < -0.4 is 0 Å². The Morgan fingerprint density at radius 3 is 1.74 bits per heavy atom. The van der Waals surface area contributed by atoms with E-state index in [1.54, 1.807) is 6.33 Å². The van der Waals surface area contributed by atoms with Crippen molar-refractivity contribution in [2.75, 3.05) is 0 Å². The van der Waals surface area contributed by atoms with Crippen molar-refractivity contribution in [3.63, 3.8) is 0 Å². The summed E-state index contributed by atoms with van der Waals surface area (Å²) >= 11 is 0. The standard InChI is InChI=1S/C37H24N6/c1-3-10-24(11-4-1)35-41-36(25-12-5-2-6-13-25)43-37(42-35)28-16-9-15-26(20-28)29-18-19-32(38-22-29)34-31-21-27-14-7-8-17-30(27)33(31)39-23-40-34/h1-20,22-23H,21H2. The fourth-order valence-corrected chi connectivity index (χ4v) is 5.61.